The van der Waals surface area contributed by atoms with Crippen LogP contribution in [0.25, 0.3) is 0 Å². The summed E-state index contributed by atoms with van der Waals surface area (Å²) < 4.78 is 27.7. The number of nitrogens with zero attached hydrogens (tertiary/aromatic N) is 1. The summed E-state index contributed by atoms with van der Waals surface area (Å²) in [6, 6.07) is 10.3. The predicted molar refractivity (Wildman–Crippen MR) is 93.4 cm³/mol. The van der Waals surface area contributed by atoms with Gasteiger partial charge >= 0.3 is 0 Å². The highest BCUT2D eigenvalue weighted by Crippen LogP contribution is 2.36. The van der Waals surface area contributed by atoms with Gasteiger partial charge in [-0.2, -0.15) is 0 Å². The maximum absolute atomic E-state index is 13.8. The molecular formula is C19H16BrF2NO2. The Morgan fingerprint density at radius 2 is 1.88 bits per heavy atom. The Balaban J connectivity index is 1.78. The van der Waals surface area contributed by atoms with E-state index in [1.807, 2.05) is 31.2 Å². The molecule has 2 aromatic carbocycles. The number of carbonyl (C=O) groups excluding carboxylic acids is 2. The van der Waals surface area contributed by atoms with Gasteiger partial charge in [-0.1, -0.05) is 28.1 Å². The molecule has 0 bridgehead atoms. The van der Waals surface area contributed by atoms with Gasteiger partial charge in [0.2, 0.25) is 5.91 Å². The average Bonchev–Trinajstić information content (AvgIpc) is 2.85. The van der Waals surface area contributed by atoms with Crippen LogP contribution in [0.1, 0.15) is 29.3 Å². The van der Waals surface area contributed by atoms with Crippen molar-refractivity contribution in [3.8, 4) is 0 Å². The molecule has 25 heavy (non-hydrogen) atoms. The van der Waals surface area contributed by atoms with Crippen molar-refractivity contribution in [3.63, 3.8) is 0 Å². The predicted octanol–water partition coefficient (Wildman–Crippen LogP) is 4.10. The molecule has 130 valence electrons. The first-order valence-corrected chi connectivity index (χ1v) is 8.64. The van der Waals surface area contributed by atoms with Crippen LogP contribution in [0.4, 0.5) is 8.78 Å². The van der Waals surface area contributed by atoms with E-state index in [2.05, 4.69) is 15.9 Å². The molecular weight excluding hydrogens is 392 g/mol. The second-order valence-electron chi connectivity index (χ2n) is 6.36. The molecule has 1 aliphatic rings. The summed E-state index contributed by atoms with van der Waals surface area (Å²) in [6.07, 6.45) is 0.576. The fourth-order valence-corrected chi connectivity index (χ4v) is 3.39. The zero-order valence-corrected chi connectivity index (χ0v) is 15.1. The first-order chi connectivity index (χ1) is 11.8. The van der Waals surface area contributed by atoms with Gasteiger partial charge in [-0.25, -0.2) is 8.78 Å². The Bertz CT molecular complexity index is 838. The van der Waals surface area contributed by atoms with Gasteiger partial charge in [0, 0.05) is 17.1 Å². The molecule has 0 aromatic heterocycles. The summed E-state index contributed by atoms with van der Waals surface area (Å²) in [7, 11) is 0. The fourth-order valence-electron chi connectivity index (χ4n) is 3.13. The monoisotopic (exact) mass is 407 g/mol. The van der Waals surface area contributed by atoms with Crippen molar-refractivity contribution in [2.45, 2.75) is 18.8 Å². The molecule has 0 radical (unpaired) electrons. The summed E-state index contributed by atoms with van der Waals surface area (Å²) in [6.45, 7) is 2.05. The lowest BCUT2D eigenvalue weighted by molar-refractivity contribution is -0.131. The number of benzene rings is 2. The molecule has 1 fully saturated rings. The SMILES string of the molecule is CC1(c2ccc(Br)cc2)CCN(CC(=O)c2ccc(F)cc2F)C1=O. The molecule has 1 heterocycles. The lowest BCUT2D eigenvalue weighted by atomic mass is 9.81. The minimum atomic E-state index is -0.910. The molecule has 3 nitrogen and oxygen atoms in total. The van der Waals surface area contributed by atoms with Crippen molar-refractivity contribution in [1.29, 1.82) is 0 Å². The highest BCUT2D eigenvalue weighted by atomic mass is 79.9. The molecule has 0 saturated carbocycles. The highest BCUT2D eigenvalue weighted by Gasteiger charge is 2.44. The van der Waals surface area contributed by atoms with Gasteiger partial charge in [-0.15, -0.1) is 0 Å². The second kappa shape index (κ2) is 6.67. The number of hydrogen-bond donors (Lipinski definition) is 0. The Hall–Kier alpha value is -2.08. The van der Waals surface area contributed by atoms with Gasteiger partial charge < -0.3 is 4.90 Å². The van der Waals surface area contributed by atoms with Crippen LogP contribution in [-0.2, 0) is 10.2 Å². The van der Waals surface area contributed by atoms with Crippen LogP contribution in [-0.4, -0.2) is 29.7 Å². The van der Waals surface area contributed by atoms with Crippen molar-refractivity contribution >= 4 is 27.6 Å². The van der Waals surface area contributed by atoms with Crippen molar-refractivity contribution in [2.24, 2.45) is 0 Å². The van der Waals surface area contributed by atoms with E-state index in [0.717, 1.165) is 22.2 Å². The van der Waals surface area contributed by atoms with Crippen LogP contribution in [0.15, 0.2) is 46.9 Å². The second-order valence-corrected chi connectivity index (χ2v) is 7.28. The van der Waals surface area contributed by atoms with Gasteiger partial charge in [-0.05, 0) is 43.2 Å². The van der Waals surface area contributed by atoms with Gasteiger partial charge in [0.25, 0.3) is 0 Å². The number of likely N-dealkylation sites (tertiary alicyclic amines) is 1. The van der Waals surface area contributed by atoms with Crippen LogP contribution in [0, 0.1) is 11.6 Å². The molecule has 1 unspecified atom stereocenters. The third-order valence-electron chi connectivity index (χ3n) is 4.69. The van der Waals surface area contributed by atoms with Gasteiger partial charge in [-0.3, -0.25) is 9.59 Å². The summed E-state index contributed by atoms with van der Waals surface area (Å²) in [4.78, 5) is 26.6. The Morgan fingerprint density at radius 3 is 2.52 bits per heavy atom. The third kappa shape index (κ3) is 3.35. The zero-order chi connectivity index (χ0) is 18.2. The first-order valence-electron chi connectivity index (χ1n) is 7.85. The molecule has 0 aliphatic carbocycles. The quantitative estimate of drug-likeness (QED) is 0.715. The normalized spacial score (nSPS) is 20.2. The lowest BCUT2D eigenvalue weighted by Gasteiger charge is -2.24. The minimum Gasteiger partial charge on any atom is -0.334 e. The van der Waals surface area contributed by atoms with Gasteiger partial charge in [0.1, 0.15) is 11.6 Å². The maximum atomic E-state index is 13.8. The molecule has 1 aliphatic heterocycles. The van der Waals surface area contributed by atoms with Crippen molar-refractivity contribution < 1.29 is 18.4 Å². The molecule has 3 rings (SSSR count). The molecule has 2 aromatic rings. The van der Waals surface area contributed by atoms with Crippen molar-refractivity contribution in [1.82, 2.24) is 4.90 Å². The van der Waals surface area contributed by atoms with Gasteiger partial charge in [0.15, 0.2) is 5.78 Å². The smallest absolute Gasteiger partial charge is 0.233 e. The third-order valence-corrected chi connectivity index (χ3v) is 5.22. The molecule has 1 atom stereocenters. The number of ketones is 1. The summed E-state index contributed by atoms with van der Waals surface area (Å²) in [5, 5.41) is 0. The minimum absolute atomic E-state index is 0.161. The molecule has 1 amide bonds. The van der Waals surface area contributed by atoms with E-state index in [9.17, 15) is 18.4 Å². The van der Waals surface area contributed by atoms with E-state index in [0.29, 0.717) is 19.0 Å². The lowest BCUT2D eigenvalue weighted by Crippen LogP contribution is -2.38. The largest absolute Gasteiger partial charge is 0.334 e. The standard InChI is InChI=1S/C19H16BrF2NO2/c1-19(12-2-4-13(20)5-3-12)8-9-23(18(19)25)11-17(24)15-7-6-14(21)10-16(15)22/h2-7,10H,8-9,11H2,1H3. The molecule has 0 spiro atoms. The van der Waals surface area contributed by atoms with Crippen molar-refractivity contribution in [2.75, 3.05) is 13.1 Å². The van der Waals surface area contributed by atoms with E-state index in [-0.39, 0.29) is 18.0 Å². The topological polar surface area (TPSA) is 37.4 Å². The number of carbonyl (C=O) groups is 2. The average molecular weight is 408 g/mol. The number of halogens is 3. The van der Waals surface area contributed by atoms with E-state index < -0.39 is 22.8 Å². The van der Waals surface area contributed by atoms with Crippen LogP contribution in [0.2, 0.25) is 0 Å². The summed E-state index contributed by atoms with van der Waals surface area (Å²) in [5.74, 6) is -2.35. The highest BCUT2D eigenvalue weighted by molar-refractivity contribution is 9.10. The van der Waals surface area contributed by atoms with Crippen LogP contribution < -0.4 is 0 Å². The number of Topliss-reactive ketones (excluding diaryl/α,β-unsaturated/α-hetero) is 1. The number of amides is 1. The van der Waals surface area contributed by atoms with Crippen molar-refractivity contribution in [3.05, 3.63) is 69.7 Å². The van der Waals surface area contributed by atoms with Crippen LogP contribution in [0.5, 0.6) is 0 Å². The molecule has 1 saturated heterocycles. The maximum Gasteiger partial charge on any atom is 0.233 e. The van der Waals surface area contributed by atoms with Gasteiger partial charge in [0.05, 0.1) is 17.5 Å². The Kier molecular flexibility index (Phi) is 4.73. The molecule has 0 N–H and O–H groups in total. The number of rotatable bonds is 4. The summed E-state index contributed by atoms with van der Waals surface area (Å²) >= 11 is 3.37. The Labute approximate surface area is 152 Å². The fraction of sp³-hybridized carbons (Fsp3) is 0.263. The van der Waals surface area contributed by atoms with E-state index in [1.165, 1.54) is 4.90 Å². The number of hydrogen-bond acceptors (Lipinski definition) is 2. The zero-order valence-electron chi connectivity index (χ0n) is 13.6. The Morgan fingerprint density at radius 1 is 1.20 bits per heavy atom. The molecule has 6 heteroatoms. The van der Waals surface area contributed by atoms with E-state index >= 15 is 0 Å². The summed E-state index contributed by atoms with van der Waals surface area (Å²) in [5.41, 5.74) is -0.0301. The van der Waals surface area contributed by atoms with Crippen LogP contribution >= 0.6 is 15.9 Å². The van der Waals surface area contributed by atoms with E-state index in [4.69, 9.17) is 0 Å². The first kappa shape index (κ1) is 17.7. The van der Waals surface area contributed by atoms with Crippen LogP contribution in [0.3, 0.4) is 0 Å². The van der Waals surface area contributed by atoms with E-state index in [1.54, 1.807) is 0 Å².